The third-order valence-electron chi connectivity index (χ3n) is 2.67. The van der Waals surface area contributed by atoms with E-state index >= 15 is 0 Å². The van der Waals surface area contributed by atoms with Crippen molar-refractivity contribution < 1.29 is 9.53 Å². The third-order valence-corrected chi connectivity index (χ3v) is 3.10. The summed E-state index contributed by atoms with van der Waals surface area (Å²) in [4.78, 5) is 13.5. The van der Waals surface area contributed by atoms with Crippen LogP contribution in [0.3, 0.4) is 0 Å². The molecule has 1 fully saturated rings. The highest BCUT2D eigenvalue weighted by atomic mass is 32.1. The van der Waals surface area contributed by atoms with Crippen LogP contribution in [-0.2, 0) is 4.74 Å². The Balaban J connectivity index is 2.39. The van der Waals surface area contributed by atoms with E-state index in [-0.39, 0.29) is 11.5 Å². The van der Waals surface area contributed by atoms with Gasteiger partial charge in [0.25, 0.3) is 0 Å². The van der Waals surface area contributed by atoms with E-state index in [9.17, 15) is 4.79 Å². The molecule has 1 rings (SSSR count). The smallest absolute Gasteiger partial charge is 0.410 e. The second-order valence-corrected chi connectivity index (χ2v) is 5.89. The van der Waals surface area contributed by atoms with Crippen molar-refractivity contribution >= 4 is 18.7 Å². The lowest BCUT2D eigenvalue weighted by atomic mass is 9.97. The maximum Gasteiger partial charge on any atom is 0.410 e. The SMILES string of the molecule is CC(C)(C)OC(=O)N1CCC(C(N)S)CC1. The molecule has 0 spiro atoms. The Morgan fingerprint density at radius 1 is 1.44 bits per heavy atom. The summed E-state index contributed by atoms with van der Waals surface area (Å²) in [5.74, 6) is 0.405. The van der Waals surface area contributed by atoms with Crippen molar-refractivity contribution in [2.75, 3.05) is 13.1 Å². The monoisotopic (exact) mass is 246 g/mol. The summed E-state index contributed by atoms with van der Waals surface area (Å²) in [7, 11) is 0. The summed E-state index contributed by atoms with van der Waals surface area (Å²) in [6, 6.07) is 0. The Kier molecular flexibility index (Phi) is 4.50. The molecule has 0 radical (unpaired) electrons. The lowest BCUT2D eigenvalue weighted by molar-refractivity contribution is 0.0184. The summed E-state index contributed by atoms with van der Waals surface area (Å²) >= 11 is 4.23. The van der Waals surface area contributed by atoms with Crippen molar-refractivity contribution in [2.24, 2.45) is 11.7 Å². The molecule has 0 aromatic rings. The third kappa shape index (κ3) is 4.22. The maximum absolute atomic E-state index is 11.7. The van der Waals surface area contributed by atoms with Gasteiger partial charge in [-0.15, -0.1) is 0 Å². The van der Waals surface area contributed by atoms with E-state index in [0.29, 0.717) is 19.0 Å². The predicted molar refractivity (Wildman–Crippen MR) is 67.5 cm³/mol. The van der Waals surface area contributed by atoms with E-state index in [1.54, 1.807) is 4.90 Å². The van der Waals surface area contributed by atoms with E-state index in [0.717, 1.165) is 12.8 Å². The van der Waals surface area contributed by atoms with E-state index in [2.05, 4.69) is 12.6 Å². The van der Waals surface area contributed by atoms with Crippen LogP contribution in [0, 0.1) is 5.92 Å². The summed E-state index contributed by atoms with van der Waals surface area (Å²) < 4.78 is 5.31. The number of carbonyl (C=O) groups excluding carboxylic acids is 1. The minimum absolute atomic E-state index is 0.0826. The molecule has 1 heterocycles. The molecule has 94 valence electrons. The first-order valence-corrected chi connectivity index (χ1v) is 6.23. The van der Waals surface area contributed by atoms with E-state index in [4.69, 9.17) is 10.5 Å². The fraction of sp³-hybridized carbons (Fsp3) is 0.909. The fourth-order valence-electron chi connectivity index (χ4n) is 1.75. The lowest BCUT2D eigenvalue weighted by Gasteiger charge is -2.34. The van der Waals surface area contributed by atoms with Gasteiger partial charge in [-0.05, 0) is 39.5 Å². The molecule has 0 aliphatic carbocycles. The van der Waals surface area contributed by atoms with Gasteiger partial charge in [-0.1, -0.05) is 0 Å². The number of piperidine rings is 1. The van der Waals surface area contributed by atoms with Crippen LogP contribution in [-0.4, -0.2) is 35.1 Å². The number of carbonyl (C=O) groups is 1. The molecular weight excluding hydrogens is 224 g/mol. The molecule has 5 heteroatoms. The Morgan fingerprint density at radius 2 is 1.94 bits per heavy atom. The molecule has 2 N–H and O–H groups in total. The normalized spacial score (nSPS) is 20.7. The lowest BCUT2D eigenvalue weighted by Crippen LogP contribution is -2.44. The summed E-state index contributed by atoms with van der Waals surface area (Å²) in [6.45, 7) is 7.06. The van der Waals surface area contributed by atoms with Crippen LogP contribution in [0.1, 0.15) is 33.6 Å². The van der Waals surface area contributed by atoms with E-state index in [1.807, 2.05) is 20.8 Å². The Bertz CT molecular complexity index is 243. The molecule has 1 saturated heterocycles. The van der Waals surface area contributed by atoms with Crippen molar-refractivity contribution in [2.45, 2.75) is 44.6 Å². The van der Waals surface area contributed by atoms with Crippen LogP contribution in [0.2, 0.25) is 0 Å². The number of rotatable bonds is 1. The Morgan fingerprint density at radius 3 is 2.31 bits per heavy atom. The highest BCUT2D eigenvalue weighted by molar-refractivity contribution is 7.80. The number of amides is 1. The molecule has 0 aromatic heterocycles. The molecule has 1 atom stereocenters. The quantitative estimate of drug-likeness (QED) is 0.548. The van der Waals surface area contributed by atoms with Crippen LogP contribution < -0.4 is 5.73 Å². The first-order chi connectivity index (χ1) is 7.29. The first kappa shape index (κ1) is 13.6. The van der Waals surface area contributed by atoms with Gasteiger partial charge in [-0.3, -0.25) is 0 Å². The summed E-state index contributed by atoms with van der Waals surface area (Å²) in [5.41, 5.74) is 5.30. The number of hydrogen-bond acceptors (Lipinski definition) is 4. The number of nitrogens with zero attached hydrogens (tertiary/aromatic N) is 1. The van der Waals surface area contributed by atoms with Crippen molar-refractivity contribution in [3.63, 3.8) is 0 Å². The molecule has 0 aromatic carbocycles. The van der Waals surface area contributed by atoms with Crippen LogP contribution in [0.5, 0.6) is 0 Å². The van der Waals surface area contributed by atoms with Gasteiger partial charge < -0.3 is 15.4 Å². The number of nitrogens with two attached hydrogens (primary N) is 1. The van der Waals surface area contributed by atoms with Gasteiger partial charge in [-0.2, -0.15) is 12.6 Å². The topological polar surface area (TPSA) is 55.6 Å². The van der Waals surface area contributed by atoms with E-state index in [1.165, 1.54) is 0 Å². The van der Waals surface area contributed by atoms with Gasteiger partial charge >= 0.3 is 6.09 Å². The average molecular weight is 246 g/mol. The molecule has 1 unspecified atom stereocenters. The second kappa shape index (κ2) is 5.27. The van der Waals surface area contributed by atoms with Crippen LogP contribution in [0.4, 0.5) is 4.79 Å². The summed E-state index contributed by atoms with van der Waals surface area (Å²) in [6.07, 6.45) is 1.59. The Hall–Kier alpha value is -0.420. The molecule has 16 heavy (non-hydrogen) atoms. The van der Waals surface area contributed by atoms with Gasteiger partial charge in [-0.25, -0.2) is 4.79 Å². The highest BCUT2D eigenvalue weighted by Gasteiger charge is 2.28. The van der Waals surface area contributed by atoms with Gasteiger partial charge in [0.2, 0.25) is 0 Å². The fourth-order valence-corrected chi connectivity index (χ4v) is 2.05. The Labute approximate surface area is 103 Å². The first-order valence-electron chi connectivity index (χ1n) is 5.71. The van der Waals surface area contributed by atoms with Gasteiger partial charge in [0.15, 0.2) is 0 Å². The number of thiol groups is 1. The molecular formula is C11H22N2O2S. The zero-order valence-electron chi connectivity index (χ0n) is 10.3. The van der Waals surface area contributed by atoms with Crippen LogP contribution in [0.15, 0.2) is 0 Å². The van der Waals surface area contributed by atoms with Crippen LogP contribution >= 0.6 is 12.6 Å². The average Bonchev–Trinajstić information content (AvgIpc) is 2.15. The zero-order chi connectivity index (χ0) is 12.3. The minimum Gasteiger partial charge on any atom is -0.444 e. The van der Waals surface area contributed by atoms with Crippen LogP contribution in [0.25, 0.3) is 0 Å². The van der Waals surface area contributed by atoms with Crippen molar-refractivity contribution in [3.05, 3.63) is 0 Å². The molecule has 4 nitrogen and oxygen atoms in total. The molecule has 1 aliphatic rings. The standard InChI is InChI=1S/C11H22N2O2S/c1-11(2,3)15-10(14)13-6-4-8(5-7-13)9(12)16/h8-9,16H,4-7,12H2,1-3H3. The number of likely N-dealkylation sites (tertiary alicyclic amines) is 1. The van der Waals surface area contributed by atoms with E-state index < -0.39 is 5.60 Å². The molecule has 1 aliphatic heterocycles. The molecule has 0 saturated carbocycles. The number of ether oxygens (including phenoxy) is 1. The number of hydrogen-bond donors (Lipinski definition) is 2. The summed E-state index contributed by atoms with van der Waals surface area (Å²) in [5, 5.41) is -0.0826. The minimum atomic E-state index is -0.423. The van der Waals surface area contributed by atoms with Crippen molar-refractivity contribution in [1.29, 1.82) is 0 Å². The van der Waals surface area contributed by atoms with Crippen molar-refractivity contribution in [3.8, 4) is 0 Å². The zero-order valence-corrected chi connectivity index (χ0v) is 11.2. The van der Waals surface area contributed by atoms with Crippen molar-refractivity contribution in [1.82, 2.24) is 4.90 Å². The maximum atomic E-state index is 11.7. The van der Waals surface area contributed by atoms with Gasteiger partial charge in [0.1, 0.15) is 5.60 Å². The second-order valence-electron chi connectivity index (χ2n) is 5.30. The predicted octanol–water partition coefficient (Wildman–Crippen LogP) is 1.85. The largest absolute Gasteiger partial charge is 0.444 e. The molecule has 1 amide bonds. The molecule has 0 bridgehead atoms. The van der Waals surface area contributed by atoms with Gasteiger partial charge in [0, 0.05) is 13.1 Å². The van der Waals surface area contributed by atoms with Gasteiger partial charge in [0.05, 0.1) is 5.37 Å². The highest BCUT2D eigenvalue weighted by Crippen LogP contribution is 2.22.